The molecular weight excluding hydrogens is 402 g/mol. The molecule has 1 aromatic carbocycles. The van der Waals surface area contributed by atoms with Crippen molar-refractivity contribution < 1.29 is 4.79 Å². The van der Waals surface area contributed by atoms with Crippen molar-refractivity contribution in [3.8, 4) is 0 Å². The summed E-state index contributed by atoms with van der Waals surface area (Å²) >= 11 is 12.0. The van der Waals surface area contributed by atoms with Crippen molar-refractivity contribution in [2.45, 2.75) is 25.7 Å². The van der Waals surface area contributed by atoms with Gasteiger partial charge in [0.15, 0.2) is 5.78 Å². The summed E-state index contributed by atoms with van der Waals surface area (Å²) in [5, 5.41) is 1.18. The van der Waals surface area contributed by atoms with Gasteiger partial charge in [0.05, 0.1) is 6.54 Å². The molecule has 0 aromatic heterocycles. The first-order valence-electron chi connectivity index (χ1n) is 8.26. The maximum Gasteiger partial charge on any atom is 0.151 e. The third kappa shape index (κ3) is 8.94. The molecule has 7 heteroatoms. The Bertz CT molecular complexity index is 532. The van der Waals surface area contributed by atoms with E-state index in [1.54, 1.807) is 12.1 Å². The van der Waals surface area contributed by atoms with Crippen molar-refractivity contribution in [2.24, 2.45) is 5.92 Å². The zero-order valence-electron chi connectivity index (χ0n) is 14.8. The molecule has 0 bridgehead atoms. The number of likely N-dealkylation sites (tertiary alicyclic amines) is 1. The number of piperidine rings is 1. The number of nitrogens with zero attached hydrogens (tertiary/aromatic N) is 2. The van der Waals surface area contributed by atoms with E-state index >= 15 is 0 Å². The lowest BCUT2D eigenvalue weighted by Crippen LogP contribution is -2.38. The van der Waals surface area contributed by atoms with Crippen molar-refractivity contribution in [1.82, 2.24) is 9.80 Å². The van der Waals surface area contributed by atoms with Gasteiger partial charge in [-0.25, -0.2) is 0 Å². The predicted molar refractivity (Wildman–Crippen MR) is 112 cm³/mol. The Kier molecular flexibility index (Phi) is 12.4. The summed E-state index contributed by atoms with van der Waals surface area (Å²) in [5.74, 6) is 1.02. The average Bonchev–Trinajstić information content (AvgIpc) is 2.49. The molecule has 1 heterocycles. The summed E-state index contributed by atoms with van der Waals surface area (Å²) in [6.07, 6.45) is 4.04. The van der Waals surface area contributed by atoms with Crippen molar-refractivity contribution in [2.75, 3.05) is 40.3 Å². The van der Waals surface area contributed by atoms with Gasteiger partial charge < -0.3 is 4.90 Å². The molecule has 1 aliphatic rings. The van der Waals surface area contributed by atoms with Crippen LogP contribution < -0.4 is 0 Å². The molecule has 0 atom stereocenters. The molecule has 1 aliphatic heterocycles. The van der Waals surface area contributed by atoms with Crippen LogP contribution in [-0.4, -0.2) is 55.9 Å². The Morgan fingerprint density at radius 3 is 2.40 bits per heavy atom. The minimum absolute atomic E-state index is 0. The molecular formula is C18H28Cl4N2O. The number of hydrogen-bond acceptors (Lipinski definition) is 3. The monoisotopic (exact) mass is 428 g/mol. The SMILES string of the molecule is CN(C)CCC1CCN(CC(=O)Cc2ccc(Cl)cc2Cl)CC1.Cl.Cl. The summed E-state index contributed by atoms with van der Waals surface area (Å²) in [6.45, 7) is 3.73. The molecule has 0 spiro atoms. The van der Waals surface area contributed by atoms with Crippen LogP contribution in [0.3, 0.4) is 0 Å². The Hall–Kier alpha value is -0.0300. The van der Waals surface area contributed by atoms with E-state index < -0.39 is 0 Å². The Balaban J connectivity index is 0.00000288. The highest BCUT2D eigenvalue weighted by Gasteiger charge is 2.21. The number of benzene rings is 1. The molecule has 0 aliphatic carbocycles. The van der Waals surface area contributed by atoms with E-state index in [0.29, 0.717) is 23.0 Å². The van der Waals surface area contributed by atoms with Gasteiger partial charge in [0.25, 0.3) is 0 Å². The topological polar surface area (TPSA) is 23.6 Å². The smallest absolute Gasteiger partial charge is 0.151 e. The van der Waals surface area contributed by atoms with Crippen molar-refractivity contribution >= 4 is 53.8 Å². The fourth-order valence-electron chi connectivity index (χ4n) is 3.06. The highest BCUT2D eigenvalue weighted by molar-refractivity contribution is 6.35. The molecule has 3 nitrogen and oxygen atoms in total. The molecule has 144 valence electrons. The van der Waals surface area contributed by atoms with Gasteiger partial charge in [0.1, 0.15) is 0 Å². The summed E-state index contributed by atoms with van der Waals surface area (Å²) in [6, 6.07) is 5.32. The van der Waals surface area contributed by atoms with Gasteiger partial charge in [-0.3, -0.25) is 9.69 Å². The second kappa shape index (κ2) is 12.4. The van der Waals surface area contributed by atoms with Crippen LogP contribution in [0.4, 0.5) is 0 Å². The third-order valence-electron chi connectivity index (χ3n) is 4.49. The Morgan fingerprint density at radius 1 is 1.20 bits per heavy atom. The van der Waals surface area contributed by atoms with Gasteiger partial charge >= 0.3 is 0 Å². The molecule has 1 saturated heterocycles. The van der Waals surface area contributed by atoms with E-state index in [-0.39, 0.29) is 30.6 Å². The molecule has 1 fully saturated rings. The van der Waals surface area contributed by atoms with Crippen molar-refractivity contribution in [1.29, 1.82) is 0 Å². The average molecular weight is 430 g/mol. The van der Waals surface area contributed by atoms with Crippen molar-refractivity contribution in [3.63, 3.8) is 0 Å². The van der Waals surface area contributed by atoms with Gasteiger partial charge in [-0.2, -0.15) is 0 Å². The standard InChI is InChI=1S/C18H26Cl2N2O.2ClH/c1-21(2)8-5-14-6-9-22(10-7-14)13-17(23)11-15-3-4-16(19)12-18(15)20;;/h3-4,12,14H,5-11,13H2,1-2H3;2*1H. The fraction of sp³-hybridized carbons (Fsp3) is 0.611. The van der Waals surface area contributed by atoms with E-state index in [1.165, 1.54) is 19.3 Å². The normalized spacial score (nSPS) is 15.6. The number of carbonyl (C=O) groups is 1. The van der Waals surface area contributed by atoms with Crippen LogP contribution in [0.5, 0.6) is 0 Å². The minimum Gasteiger partial charge on any atom is -0.309 e. The maximum atomic E-state index is 12.3. The lowest BCUT2D eigenvalue weighted by molar-refractivity contribution is -0.119. The third-order valence-corrected chi connectivity index (χ3v) is 5.08. The molecule has 0 amide bonds. The highest BCUT2D eigenvalue weighted by Crippen LogP contribution is 2.23. The number of hydrogen-bond donors (Lipinski definition) is 0. The molecule has 0 unspecified atom stereocenters. The van der Waals surface area contributed by atoms with Crippen LogP contribution >= 0.6 is 48.0 Å². The summed E-state index contributed by atoms with van der Waals surface area (Å²) in [4.78, 5) is 16.8. The molecule has 0 N–H and O–H groups in total. The molecule has 0 saturated carbocycles. The van der Waals surface area contributed by atoms with Crippen LogP contribution in [0.25, 0.3) is 0 Å². The number of rotatable bonds is 7. The first kappa shape index (κ1) is 25.0. The van der Waals surface area contributed by atoms with Crippen LogP contribution in [0, 0.1) is 5.92 Å². The first-order chi connectivity index (χ1) is 10.9. The molecule has 25 heavy (non-hydrogen) atoms. The minimum atomic E-state index is 0. The Labute approximate surface area is 173 Å². The predicted octanol–water partition coefficient (Wildman–Crippen LogP) is 4.61. The van der Waals surface area contributed by atoms with Gasteiger partial charge in [-0.1, -0.05) is 29.3 Å². The van der Waals surface area contributed by atoms with E-state index in [1.807, 2.05) is 6.07 Å². The van der Waals surface area contributed by atoms with E-state index in [4.69, 9.17) is 23.2 Å². The quantitative estimate of drug-likeness (QED) is 0.631. The summed E-state index contributed by atoms with van der Waals surface area (Å²) < 4.78 is 0. The Morgan fingerprint density at radius 2 is 1.84 bits per heavy atom. The first-order valence-corrected chi connectivity index (χ1v) is 9.02. The number of halogens is 4. The largest absolute Gasteiger partial charge is 0.309 e. The molecule has 1 aromatic rings. The summed E-state index contributed by atoms with van der Waals surface area (Å²) in [7, 11) is 4.24. The fourth-order valence-corrected chi connectivity index (χ4v) is 3.53. The lowest BCUT2D eigenvalue weighted by Gasteiger charge is -2.32. The van der Waals surface area contributed by atoms with Gasteiger partial charge in [0, 0.05) is 16.5 Å². The van der Waals surface area contributed by atoms with Gasteiger partial charge in [-0.15, -0.1) is 24.8 Å². The zero-order chi connectivity index (χ0) is 16.8. The zero-order valence-corrected chi connectivity index (χ0v) is 18.0. The highest BCUT2D eigenvalue weighted by atomic mass is 35.5. The maximum absolute atomic E-state index is 12.3. The number of Topliss-reactive ketones (excluding diaryl/α,β-unsaturated/α-hetero) is 1. The number of carbonyl (C=O) groups excluding carboxylic acids is 1. The van der Waals surface area contributed by atoms with E-state index in [0.717, 1.165) is 31.1 Å². The van der Waals surface area contributed by atoms with Crippen LogP contribution in [0.15, 0.2) is 18.2 Å². The lowest BCUT2D eigenvalue weighted by atomic mass is 9.93. The molecule has 2 rings (SSSR count). The van der Waals surface area contributed by atoms with E-state index in [2.05, 4.69) is 23.9 Å². The second-order valence-corrected chi connectivity index (χ2v) is 7.61. The number of ketones is 1. The van der Waals surface area contributed by atoms with Crippen LogP contribution in [0.2, 0.25) is 10.0 Å². The van der Waals surface area contributed by atoms with Gasteiger partial charge in [0.2, 0.25) is 0 Å². The van der Waals surface area contributed by atoms with Crippen LogP contribution in [-0.2, 0) is 11.2 Å². The van der Waals surface area contributed by atoms with Gasteiger partial charge in [-0.05, 0) is 76.6 Å². The molecule has 0 radical (unpaired) electrons. The van der Waals surface area contributed by atoms with Crippen LogP contribution in [0.1, 0.15) is 24.8 Å². The van der Waals surface area contributed by atoms with E-state index in [9.17, 15) is 4.79 Å². The second-order valence-electron chi connectivity index (χ2n) is 6.76. The van der Waals surface area contributed by atoms with Crippen molar-refractivity contribution in [3.05, 3.63) is 33.8 Å². The summed E-state index contributed by atoms with van der Waals surface area (Å²) in [5.41, 5.74) is 0.863.